The summed E-state index contributed by atoms with van der Waals surface area (Å²) < 4.78 is 0.746. The Morgan fingerprint density at radius 3 is 2.28 bits per heavy atom. The van der Waals surface area contributed by atoms with Gasteiger partial charge in [-0.05, 0) is 13.3 Å². The Morgan fingerprint density at radius 2 is 1.78 bits per heavy atom. The van der Waals surface area contributed by atoms with Crippen molar-refractivity contribution < 1.29 is 19.2 Å². The summed E-state index contributed by atoms with van der Waals surface area (Å²) in [6.45, 7) is 7.54. The van der Waals surface area contributed by atoms with Gasteiger partial charge in [-0.3, -0.25) is 4.79 Å². The Hall–Kier alpha value is -1.36. The third kappa shape index (κ3) is 8.75. The van der Waals surface area contributed by atoms with Crippen LogP contribution in [0.5, 0.6) is 0 Å². The van der Waals surface area contributed by atoms with Crippen molar-refractivity contribution in [1.82, 2.24) is 5.32 Å². The van der Waals surface area contributed by atoms with Gasteiger partial charge in [0.15, 0.2) is 0 Å². The molecule has 0 aromatic carbocycles. The number of hydrogen-bond donors (Lipinski definition) is 1. The molecule has 0 fully saturated rings. The molecule has 0 aliphatic carbocycles. The van der Waals surface area contributed by atoms with Crippen molar-refractivity contribution in [1.29, 1.82) is 0 Å². The lowest BCUT2D eigenvalue weighted by Gasteiger charge is -2.30. The molecule has 18 heavy (non-hydrogen) atoms. The molecule has 0 bridgehead atoms. The number of quaternary nitrogens is 1. The van der Waals surface area contributed by atoms with Crippen LogP contribution in [0.15, 0.2) is 12.2 Å². The third-order valence-electron chi connectivity index (χ3n) is 2.76. The average Bonchev–Trinajstić information content (AvgIpc) is 2.23. The van der Waals surface area contributed by atoms with Gasteiger partial charge in [0.1, 0.15) is 0 Å². The summed E-state index contributed by atoms with van der Waals surface area (Å²) in [5.74, 6) is -1.11. The smallest absolute Gasteiger partial charge is 0.246 e. The Kier molecular flexibility index (Phi) is 7.27. The number of carboxylic acids is 1. The van der Waals surface area contributed by atoms with E-state index in [1.807, 2.05) is 0 Å². The number of hydrogen-bond acceptors (Lipinski definition) is 3. The molecule has 0 aliphatic heterocycles. The number of amides is 1. The SMILES string of the molecule is C=C(C)C(=O)NCCC[N+](C)(C)CCCC(=O)[O-]. The number of rotatable bonds is 9. The van der Waals surface area contributed by atoms with Crippen LogP contribution in [0.1, 0.15) is 26.2 Å². The molecule has 0 unspecified atom stereocenters. The molecule has 0 saturated carbocycles. The van der Waals surface area contributed by atoms with Crippen LogP contribution >= 0.6 is 0 Å². The molecule has 0 aliphatic rings. The van der Waals surface area contributed by atoms with Gasteiger partial charge < -0.3 is 19.7 Å². The lowest BCUT2D eigenvalue weighted by atomic mass is 10.2. The molecule has 0 radical (unpaired) electrons. The van der Waals surface area contributed by atoms with Gasteiger partial charge in [0.2, 0.25) is 5.91 Å². The van der Waals surface area contributed by atoms with E-state index >= 15 is 0 Å². The van der Waals surface area contributed by atoms with E-state index in [0.29, 0.717) is 18.5 Å². The van der Waals surface area contributed by atoms with Gasteiger partial charge in [-0.2, -0.15) is 0 Å². The fourth-order valence-corrected chi connectivity index (χ4v) is 1.62. The maximum absolute atomic E-state index is 11.2. The molecule has 1 N–H and O–H groups in total. The molecular formula is C13H24N2O3. The molecule has 0 spiro atoms. The zero-order valence-corrected chi connectivity index (χ0v) is 11.6. The van der Waals surface area contributed by atoms with E-state index in [4.69, 9.17) is 0 Å². The number of aliphatic carboxylic acids is 1. The number of carbonyl (C=O) groups excluding carboxylic acids is 2. The Bertz CT molecular complexity index is 311. The monoisotopic (exact) mass is 256 g/mol. The van der Waals surface area contributed by atoms with E-state index in [1.165, 1.54) is 0 Å². The van der Waals surface area contributed by atoms with E-state index in [0.717, 1.165) is 24.0 Å². The number of nitrogens with one attached hydrogen (secondary N) is 1. The lowest BCUT2D eigenvalue weighted by Crippen LogP contribution is -2.43. The van der Waals surface area contributed by atoms with Crippen LogP contribution in [0, 0.1) is 0 Å². The minimum absolute atomic E-state index is 0.105. The third-order valence-corrected chi connectivity index (χ3v) is 2.76. The zero-order valence-electron chi connectivity index (χ0n) is 11.6. The highest BCUT2D eigenvalue weighted by Crippen LogP contribution is 2.03. The summed E-state index contributed by atoms with van der Waals surface area (Å²) in [5, 5.41) is 13.1. The Morgan fingerprint density at radius 1 is 1.22 bits per heavy atom. The summed E-state index contributed by atoms with van der Waals surface area (Å²) in [6.07, 6.45) is 1.58. The van der Waals surface area contributed by atoms with Crippen molar-refractivity contribution in [2.75, 3.05) is 33.7 Å². The van der Waals surface area contributed by atoms with Crippen molar-refractivity contribution in [3.05, 3.63) is 12.2 Å². The van der Waals surface area contributed by atoms with Crippen LogP contribution in [-0.4, -0.2) is 50.1 Å². The molecular weight excluding hydrogens is 232 g/mol. The normalized spacial score (nSPS) is 11.1. The standard InChI is InChI=1S/C13H24N2O3/c1-11(2)13(18)14-8-6-10-15(3,4)9-5-7-12(16)17/h1,5-10H2,2-4H3,(H-,14,16,17,18). The summed E-state index contributed by atoms with van der Waals surface area (Å²) in [6, 6.07) is 0. The molecule has 5 heteroatoms. The number of nitrogens with zero attached hydrogens (tertiary/aromatic N) is 1. The summed E-state index contributed by atoms with van der Waals surface area (Å²) in [5.41, 5.74) is 0.512. The second-order valence-electron chi connectivity index (χ2n) is 5.25. The van der Waals surface area contributed by atoms with Crippen molar-refractivity contribution in [3.8, 4) is 0 Å². The largest absolute Gasteiger partial charge is 0.550 e. The van der Waals surface area contributed by atoms with E-state index in [-0.39, 0.29) is 12.3 Å². The highest BCUT2D eigenvalue weighted by Gasteiger charge is 2.14. The topological polar surface area (TPSA) is 69.2 Å². The van der Waals surface area contributed by atoms with E-state index in [2.05, 4.69) is 26.0 Å². The van der Waals surface area contributed by atoms with Gasteiger partial charge in [0.25, 0.3) is 0 Å². The minimum Gasteiger partial charge on any atom is -0.550 e. The fraction of sp³-hybridized carbons (Fsp3) is 0.692. The van der Waals surface area contributed by atoms with Gasteiger partial charge in [-0.15, -0.1) is 0 Å². The van der Waals surface area contributed by atoms with E-state index in [1.54, 1.807) is 6.92 Å². The first-order chi connectivity index (χ1) is 8.24. The van der Waals surface area contributed by atoms with Gasteiger partial charge >= 0.3 is 0 Å². The zero-order chi connectivity index (χ0) is 14.2. The molecule has 0 atom stereocenters. The van der Waals surface area contributed by atoms with Gasteiger partial charge in [0.05, 0.1) is 27.2 Å². The first kappa shape index (κ1) is 16.6. The summed E-state index contributed by atoms with van der Waals surface area (Å²) in [4.78, 5) is 21.5. The highest BCUT2D eigenvalue weighted by atomic mass is 16.4. The average molecular weight is 256 g/mol. The first-order valence-corrected chi connectivity index (χ1v) is 6.20. The molecule has 0 heterocycles. The molecule has 1 amide bonds. The van der Waals surface area contributed by atoms with E-state index in [9.17, 15) is 14.7 Å². The second-order valence-corrected chi connectivity index (χ2v) is 5.25. The predicted octanol–water partition coefficient (Wildman–Crippen LogP) is -0.325. The van der Waals surface area contributed by atoms with Crippen molar-refractivity contribution in [2.24, 2.45) is 0 Å². The Balaban J connectivity index is 3.73. The Labute approximate surface area is 109 Å². The van der Waals surface area contributed by atoms with Gasteiger partial charge in [-0.25, -0.2) is 0 Å². The van der Waals surface area contributed by atoms with Crippen LogP contribution in [0.3, 0.4) is 0 Å². The molecule has 0 rings (SSSR count). The van der Waals surface area contributed by atoms with Gasteiger partial charge in [-0.1, -0.05) is 6.58 Å². The molecule has 0 saturated heterocycles. The van der Waals surface area contributed by atoms with E-state index < -0.39 is 5.97 Å². The molecule has 0 aromatic rings. The first-order valence-electron chi connectivity index (χ1n) is 6.20. The highest BCUT2D eigenvalue weighted by molar-refractivity contribution is 5.91. The minimum atomic E-state index is -0.997. The van der Waals surface area contributed by atoms with Crippen LogP contribution in [-0.2, 0) is 9.59 Å². The van der Waals surface area contributed by atoms with Crippen LogP contribution in [0.2, 0.25) is 0 Å². The number of carboxylic acid groups (broad SMARTS) is 1. The molecule has 0 aromatic heterocycles. The number of carbonyl (C=O) groups is 2. The molecule has 5 nitrogen and oxygen atoms in total. The molecule has 104 valence electrons. The summed E-state index contributed by atoms with van der Waals surface area (Å²) in [7, 11) is 4.10. The van der Waals surface area contributed by atoms with Crippen LogP contribution in [0.4, 0.5) is 0 Å². The van der Waals surface area contributed by atoms with Crippen molar-refractivity contribution in [2.45, 2.75) is 26.2 Å². The van der Waals surface area contributed by atoms with Gasteiger partial charge in [0, 0.05) is 30.9 Å². The van der Waals surface area contributed by atoms with Crippen molar-refractivity contribution in [3.63, 3.8) is 0 Å². The maximum Gasteiger partial charge on any atom is 0.246 e. The predicted molar refractivity (Wildman–Crippen MR) is 68.5 cm³/mol. The fourth-order valence-electron chi connectivity index (χ4n) is 1.62. The summed E-state index contributed by atoms with van der Waals surface area (Å²) >= 11 is 0. The lowest BCUT2D eigenvalue weighted by molar-refractivity contribution is -0.890. The maximum atomic E-state index is 11.2. The van der Waals surface area contributed by atoms with Crippen LogP contribution < -0.4 is 10.4 Å². The second kappa shape index (κ2) is 7.87. The quantitative estimate of drug-likeness (QED) is 0.349. The van der Waals surface area contributed by atoms with Crippen molar-refractivity contribution >= 4 is 11.9 Å². The van der Waals surface area contributed by atoms with Crippen LogP contribution in [0.25, 0.3) is 0 Å².